The van der Waals surface area contributed by atoms with Gasteiger partial charge in [0.15, 0.2) is 0 Å². The molecule has 0 spiro atoms. The predicted octanol–water partition coefficient (Wildman–Crippen LogP) is 2.75. The monoisotopic (exact) mass is 259 g/mol. The van der Waals surface area contributed by atoms with Crippen LogP contribution in [0.4, 0.5) is 0 Å². The fraction of sp³-hybridized carbons (Fsp3) is 0.562. The molecule has 3 heteroatoms. The maximum Gasteiger partial charge on any atom is 0.323 e. The highest BCUT2D eigenvalue weighted by molar-refractivity contribution is 5.76. The normalized spacial score (nSPS) is 26.5. The van der Waals surface area contributed by atoms with E-state index in [0.29, 0.717) is 0 Å². The number of nitrogens with one attached hydrogen (secondary N) is 1. The van der Waals surface area contributed by atoms with Crippen LogP contribution < -0.4 is 5.32 Å². The average Bonchev–Trinajstić information content (AvgIpc) is 2.48. The second-order valence-corrected chi connectivity index (χ2v) is 5.52. The van der Waals surface area contributed by atoms with Gasteiger partial charge < -0.3 is 10.1 Å². The van der Waals surface area contributed by atoms with Crippen molar-refractivity contribution in [2.75, 3.05) is 6.54 Å². The van der Waals surface area contributed by atoms with E-state index in [1.165, 1.54) is 11.1 Å². The molecule has 1 fully saturated rings. The molecule has 0 amide bonds. The van der Waals surface area contributed by atoms with Gasteiger partial charge in [0.25, 0.3) is 0 Å². The number of hydrogen-bond donors (Lipinski definition) is 1. The molecule has 0 saturated carbocycles. The summed E-state index contributed by atoms with van der Waals surface area (Å²) >= 11 is 0. The number of hydrogen-bond acceptors (Lipinski definition) is 3. The Hall–Kier alpha value is -1.35. The van der Waals surface area contributed by atoms with Gasteiger partial charge in [-0.2, -0.15) is 0 Å². The van der Waals surface area contributed by atoms with Crippen LogP contribution >= 0.6 is 0 Å². The van der Waals surface area contributed by atoms with Crippen molar-refractivity contribution in [3.05, 3.63) is 35.4 Å². The Labute approximate surface area is 114 Å². The Morgan fingerprint density at radius 1 is 1.16 bits per heavy atom. The number of fused-ring (bicyclic) bond motifs is 1. The highest BCUT2D eigenvalue weighted by Crippen LogP contribution is 2.32. The summed E-state index contributed by atoms with van der Waals surface area (Å²) in [5.74, 6) is -0.0681. The van der Waals surface area contributed by atoms with E-state index in [2.05, 4.69) is 23.5 Å². The van der Waals surface area contributed by atoms with Crippen LogP contribution in [0.25, 0.3) is 0 Å². The minimum Gasteiger partial charge on any atom is -0.456 e. The minimum absolute atomic E-state index is 0.0406. The van der Waals surface area contributed by atoms with Crippen LogP contribution in [0, 0.1) is 0 Å². The maximum absolute atomic E-state index is 12.2. The lowest BCUT2D eigenvalue weighted by atomic mass is 9.89. The highest BCUT2D eigenvalue weighted by atomic mass is 16.5. The Morgan fingerprint density at radius 3 is 2.89 bits per heavy atom. The number of aryl methyl sites for hydroxylation is 1. The van der Waals surface area contributed by atoms with Gasteiger partial charge in [0.1, 0.15) is 12.1 Å². The molecule has 0 aromatic heterocycles. The van der Waals surface area contributed by atoms with E-state index in [-0.39, 0.29) is 18.1 Å². The van der Waals surface area contributed by atoms with Crippen molar-refractivity contribution in [2.45, 2.75) is 50.7 Å². The molecule has 2 atom stereocenters. The van der Waals surface area contributed by atoms with Crippen molar-refractivity contribution < 1.29 is 9.53 Å². The molecule has 3 nitrogen and oxygen atoms in total. The van der Waals surface area contributed by atoms with E-state index >= 15 is 0 Å². The molecule has 1 unspecified atom stereocenters. The number of carbonyl (C=O) groups excluding carboxylic acids is 1. The number of carbonyl (C=O) groups is 1. The third kappa shape index (κ3) is 2.81. The second-order valence-electron chi connectivity index (χ2n) is 5.52. The van der Waals surface area contributed by atoms with Crippen molar-refractivity contribution >= 4 is 5.97 Å². The number of esters is 1. The van der Waals surface area contributed by atoms with E-state index in [1.807, 2.05) is 6.07 Å². The van der Waals surface area contributed by atoms with Crippen molar-refractivity contribution in [3.8, 4) is 0 Å². The Morgan fingerprint density at radius 2 is 2.05 bits per heavy atom. The molecular weight excluding hydrogens is 238 g/mol. The van der Waals surface area contributed by atoms with Gasteiger partial charge in [-0.3, -0.25) is 4.79 Å². The molecule has 0 radical (unpaired) electrons. The van der Waals surface area contributed by atoms with Crippen LogP contribution in [-0.4, -0.2) is 18.6 Å². The molecule has 1 aromatic rings. The zero-order valence-corrected chi connectivity index (χ0v) is 11.2. The molecule has 102 valence electrons. The lowest BCUT2D eigenvalue weighted by Gasteiger charge is -2.28. The molecule has 0 bridgehead atoms. The van der Waals surface area contributed by atoms with Crippen LogP contribution in [0.3, 0.4) is 0 Å². The molecular formula is C16H21NO2. The average molecular weight is 259 g/mol. The third-order valence-electron chi connectivity index (χ3n) is 4.17. The zero-order chi connectivity index (χ0) is 13.1. The molecule has 1 aliphatic heterocycles. The number of benzene rings is 1. The van der Waals surface area contributed by atoms with Gasteiger partial charge in [-0.15, -0.1) is 0 Å². The summed E-state index contributed by atoms with van der Waals surface area (Å²) in [5, 5.41) is 3.26. The number of ether oxygens (including phenoxy) is 1. The minimum atomic E-state index is -0.0946. The van der Waals surface area contributed by atoms with Gasteiger partial charge in [-0.25, -0.2) is 0 Å². The van der Waals surface area contributed by atoms with Crippen molar-refractivity contribution in [1.29, 1.82) is 0 Å². The van der Waals surface area contributed by atoms with Gasteiger partial charge in [0.2, 0.25) is 0 Å². The summed E-state index contributed by atoms with van der Waals surface area (Å²) in [7, 11) is 0. The fourth-order valence-electron chi connectivity index (χ4n) is 3.11. The van der Waals surface area contributed by atoms with Crippen LogP contribution in [0.2, 0.25) is 0 Å². The van der Waals surface area contributed by atoms with E-state index in [4.69, 9.17) is 4.74 Å². The molecule has 1 aliphatic carbocycles. The van der Waals surface area contributed by atoms with Gasteiger partial charge in [-0.1, -0.05) is 30.7 Å². The van der Waals surface area contributed by atoms with Gasteiger partial charge in [0, 0.05) is 0 Å². The highest BCUT2D eigenvalue weighted by Gasteiger charge is 2.28. The van der Waals surface area contributed by atoms with Crippen LogP contribution in [0.1, 0.15) is 49.3 Å². The van der Waals surface area contributed by atoms with Crippen LogP contribution in [0.5, 0.6) is 0 Å². The quantitative estimate of drug-likeness (QED) is 0.830. The summed E-state index contributed by atoms with van der Waals surface area (Å²) in [6, 6.07) is 8.24. The standard InChI is InChI=1S/C16H21NO2/c18-16(14-9-3-4-11-17-14)19-15-10-5-7-12-6-1-2-8-13(12)15/h1-2,6,8,14-15,17H,3-5,7,9-11H2/t14-,15?/m0/s1. The summed E-state index contributed by atoms with van der Waals surface area (Å²) in [5.41, 5.74) is 2.54. The van der Waals surface area contributed by atoms with Crippen LogP contribution in [-0.2, 0) is 16.0 Å². The zero-order valence-electron chi connectivity index (χ0n) is 11.2. The molecule has 1 N–H and O–H groups in total. The van der Waals surface area contributed by atoms with E-state index in [9.17, 15) is 4.79 Å². The van der Waals surface area contributed by atoms with Gasteiger partial charge in [0.05, 0.1) is 0 Å². The molecule has 1 saturated heterocycles. The van der Waals surface area contributed by atoms with Crippen molar-refractivity contribution in [2.24, 2.45) is 0 Å². The topological polar surface area (TPSA) is 38.3 Å². The van der Waals surface area contributed by atoms with Crippen LogP contribution in [0.15, 0.2) is 24.3 Å². The smallest absolute Gasteiger partial charge is 0.323 e. The molecule has 1 aromatic carbocycles. The van der Waals surface area contributed by atoms with Crippen molar-refractivity contribution in [1.82, 2.24) is 5.32 Å². The Kier molecular flexibility index (Phi) is 3.83. The van der Waals surface area contributed by atoms with Crippen molar-refractivity contribution in [3.63, 3.8) is 0 Å². The van der Waals surface area contributed by atoms with Gasteiger partial charge >= 0.3 is 5.97 Å². The number of rotatable bonds is 2. The third-order valence-corrected chi connectivity index (χ3v) is 4.17. The lowest BCUT2D eigenvalue weighted by Crippen LogP contribution is -2.42. The Balaban J connectivity index is 1.68. The summed E-state index contributed by atoms with van der Waals surface area (Å²) in [6.07, 6.45) is 6.31. The van der Waals surface area contributed by atoms with E-state index in [0.717, 1.165) is 45.1 Å². The molecule has 2 aliphatic rings. The fourth-order valence-corrected chi connectivity index (χ4v) is 3.11. The number of piperidine rings is 1. The first-order valence-corrected chi connectivity index (χ1v) is 7.36. The maximum atomic E-state index is 12.2. The largest absolute Gasteiger partial charge is 0.456 e. The summed E-state index contributed by atoms with van der Waals surface area (Å²) in [6.45, 7) is 0.932. The second kappa shape index (κ2) is 5.74. The van der Waals surface area contributed by atoms with E-state index < -0.39 is 0 Å². The summed E-state index contributed by atoms with van der Waals surface area (Å²) in [4.78, 5) is 12.2. The predicted molar refractivity (Wildman–Crippen MR) is 73.9 cm³/mol. The molecule has 19 heavy (non-hydrogen) atoms. The lowest BCUT2D eigenvalue weighted by molar-refractivity contribution is -0.153. The molecule has 1 heterocycles. The molecule has 3 rings (SSSR count). The summed E-state index contributed by atoms with van der Waals surface area (Å²) < 4.78 is 5.76. The Bertz CT molecular complexity index is 452. The SMILES string of the molecule is O=C(OC1CCCc2ccccc21)[C@@H]1CCCCN1. The van der Waals surface area contributed by atoms with Gasteiger partial charge in [-0.05, 0) is 49.8 Å². The first-order chi connectivity index (χ1) is 9.34. The first kappa shape index (κ1) is 12.7. The van der Waals surface area contributed by atoms with E-state index in [1.54, 1.807) is 0 Å². The first-order valence-electron chi connectivity index (χ1n) is 7.36.